The van der Waals surface area contributed by atoms with Crippen LogP contribution in [0.3, 0.4) is 0 Å². The van der Waals surface area contributed by atoms with Crippen LogP contribution in [0, 0.1) is 5.41 Å². The van der Waals surface area contributed by atoms with Gasteiger partial charge < -0.3 is 15.2 Å². The van der Waals surface area contributed by atoms with Crippen molar-refractivity contribution in [3.05, 3.63) is 18.2 Å². The largest absolute Gasteiger partial charge is 0.392 e. The van der Waals surface area contributed by atoms with Gasteiger partial charge in [-0.3, -0.25) is 4.90 Å². The predicted molar refractivity (Wildman–Crippen MR) is 62.2 cm³/mol. The van der Waals surface area contributed by atoms with Gasteiger partial charge in [-0.15, -0.1) is 0 Å². The van der Waals surface area contributed by atoms with Gasteiger partial charge in [0.05, 0.1) is 18.8 Å². The molecule has 17 heavy (non-hydrogen) atoms. The summed E-state index contributed by atoms with van der Waals surface area (Å²) < 4.78 is 0. The van der Waals surface area contributed by atoms with E-state index in [-0.39, 0.29) is 17.6 Å². The van der Waals surface area contributed by atoms with Gasteiger partial charge in [0.25, 0.3) is 0 Å². The number of aromatic nitrogens is 2. The molecule has 1 aliphatic heterocycles. The maximum absolute atomic E-state index is 9.84. The van der Waals surface area contributed by atoms with Crippen LogP contribution in [0.15, 0.2) is 12.4 Å². The van der Waals surface area contributed by atoms with Crippen LogP contribution in [-0.2, 0) is 6.54 Å². The van der Waals surface area contributed by atoms with Crippen LogP contribution in [0.4, 0.5) is 0 Å². The van der Waals surface area contributed by atoms with E-state index in [9.17, 15) is 10.2 Å². The Morgan fingerprint density at radius 1 is 1.35 bits per heavy atom. The summed E-state index contributed by atoms with van der Waals surface area (Å²) in [5.41, 5.74) is -0.209. The number of aliphatic hydroxyl groups is 2. The van der Waals surface area contributed by atoms with Gasteiger partial charge in [0, 0.05) is 24.2 Å². The minimum absolute atomic E-state index is 0.209. The molecule has 94 valence electrons. The number of hydrogen-bond donors (Lipinski definition) is 3. The lowest BCUT2D eigenvalue weighted by Gasteiger charge is -2.55. The van der Waals surface area contributed by atoms with E-state index < -0.39 is 0 Å². The van der Waals surface area contributed by atoms with E-state index >= 15 is 0 Å². The van der Waals surface area contributed by atoms with Crippen molar-refractivity contribution in [3.8, 4) is 0 Å². The molecule has 0 bridgehead atoms. The summed E-state index contributed by atoms with van der Waals surface area (Å²) in [6, 6.07) is 0. The minimum atomic E-state index is -0.303. The molecule has 2 aliphatic rings. The van der Waals surface area contributed by atoms with Crippen molar-refractivity contribution in [2.45, 2.75) is 38.0 Å². The van der Waals surface area contributed by atoms with Crippen LogP contribution in [0.5, 0.6) is 0 Å². The van der Waals surface area contributed by atoms with E-state index in [1.807, 2.05) is 6.20 Å². The maximum Gasteiger partial charge on any atom is 0.120 e. The fraction of sp³-hybridized carbons (Fsp3) is 0.750. The quantitative estimate of drug-likeness (QED) is 0.683. The third-order valence-electron chi connectivity index (χ3n) is 4.49. The number of imidazole rings is 1. The average molecular weight is 237 g/mol. The molecule has 2 heterocycles. The van der Waals surface area contributed by atoms with Gasteiger partial charge in [-0.05, 0) is 25.9 Å². The first-order valence-electron chi connectivity index (χ1n) is 6.27. The molecule has 2 unspecified atom stereocenters. The van der Waals surface area contributed by atoms with Gasteiger partial charge in [-0.25, -0.2) is 4.98 Å². The van der Waals surface area contributed by atoms with E-state index in [1.54, 1.807) is 6.20 Å². The Hall–Kier alpha value is -0.910. The molecule has 1 saturated heterocycles. The molecule has 0 aromatic carbocycles. The zero-order chi connectivity index (χ0) is 11.9. The number of rotatable bonds is 2. The Balaban J connectivity index is 1.57. The Bertz CT molecular complexity index is 361. The van der Waals surface area contributed by atoms with Crippen molar-refractivity contribution in [2.75, 3.05) is 13.1 Å². The molecule has 2 fully saturated rings. The standard InChI is InChI=1S/C12H19N3O2/c16-9-7-10(17)12(9)1-5-15(6-2-12)8-11-13-3-4-14-11/h3-4,9-10,16-17H,1-2,5-8H2,(H,13,14). The van der Waals surface area contributed by atoms with Crippen LogP contribution in [-0.4, -0.2) is 50.4 Å². The van der Waals surface area contributed by atoms with Crippen molar-refractivity contribution in [3.63, 3.8) is 0 Å². The lowest BCUT2D eigenvalue weighted by molar-refractivity contribution is -0.190. The molecule has 1 aromatic heterocycles. The minimum Gasteiger partial charge on any atom is -0.392 e. The molecule has 1 aliphatic carbocycles. The van der Waals surface area contributed by atoms with Crippen molar-refractivity contribution in [1.82, 2.24) is 14.9 Å². The van der Waals surface area contributed by atoms with Gasteiger partial charge in [0.15, 0.2) is 0 Å². The Kier molecular flexibility index (Phi) is 2.69. The molecule has 1 spiro atoms. The highest BCUT2D eigenvalue weighted by Gasteiger charge is 2.54. The molecule has 2 atom stereocenters. The van der Waals surface area contributed by atoms with E-state index in [4.69, 9.17) is 0 Å². The van der Waals surface area contributed by atoms with Gasteiger partial charge in [-0.1, -0.05) is 0 Å². The van der Waals surface area contributed by atoms with Crippen LogP contribution < -0.4 is 0 Å². The summed E-state index contributed by atoms with van der Waals surface area (Å²) in [5.74, 6) is 0.982. The summed E-state index contributed by atoms with van der Waals surface area (Å²) in [4.78, 5) is 9.64. The Morgan fingerprint density at radius 2 is 2.06 bits per heavy atom. The SMILES string of the molecule is OC1CC(O)C12CCN(Cc1ncc[nH]1)CC2. The number of likely N-dealkylation sites (tertiary alicyclic amines) is 1. The van der Waals surface area contributed by atoms with Gasteiger partial charge in [-0.2, -0.15) is 0 Å². The Labute approximate surface area is 100 Å². The molecular formula is C12H19N3O2. The summed E-state index contributed by atoms with van der Waals surface area (Å²) in [6.07, 6.45) is 5.32. The fourth-order valence-corrected chi connectivity index (χ4v) is 3.13. The Morgan fingerprint density at radius 3 is 2.59 bits per heavy atom. The molecule has 3 rings (SSSR count). The third kappa shape index (κ3) is 1.78. The predicted octanol–water partition coefficient (Wildman–Crippen LogP) is 0.117. The van der Waals surface area contributed by atoms with Gasteiger partial charge in [0.2, 0.25) is 0 Å². The number of H-pyrrole nitrogens is 1. The maximum atomic E-state index is 9.84. The van der Waals surface area contributed by atoms with E-state index in [1.165, 1.54) is 0 Å². The summed E-state index contributed by atoms with van der Waals surface area (Å²) in [6.45, 7) is 2.68. The van der Waals surface area contributed by atoms with Crippen molar-refractivity contribution in [2.24, 2.45) is 5.41 Å². The molecule has 0 radical (unpaired) electrons. The normalized spacial score (nSPS) is 32.6. The zero-order valence-corrected chi connectivity index (χ0v) is 9.84. The topological polar surface area (TPSA) is 72.4 Å². The van der Waals surface area contributed by atoms with Gasteiger partial charge >= 0.3 is 0 Å². The molecule has 1 saturated carbocycles. The second-order valence-corrected chi connectivity index (χ2v) is 5.31. The number of nitrogens with one attached hydrogen (secondary N) is 1. The van der Waals surface area contributed by atoms with E-state index in [0.717, 1.165) is 38.3 Å². The van der Waals surface area contributed by atoms with Crippen LogP contribution in [0.2, 0.25) is 0 Å². The number of nitrogens with zero attached hydrogens (tertiary/aromatic N) is 2. The van der Waals surface area contributed by atoms with E-state index in [0.29, 0.717) is 6.42 Å². The highest BCUT2D eigenvalue weighted by atomic mass is 16.3. The van der Waals surface area contributed by atoms with Crippen LogP contribution in [0.1, 0.15) is 25.1 Å². The highest BCUT2D eigenvalue weighted by Crippen LogP contribution is 2.49. The third-order valence-corrected chi connectivity index (χ3v) is 4.49. The highest BCUT2D eigenvalue weighted by molar-refractivity contribution is 5.05. The van der Waals surface area contributed by atoms with Gasteiger partial charge in [0.1, 0.15) is 5.82 Å². The fourth-order valence-electron chi connectivity index (χ4n) is 3.13. The second-order valence-electron chi connectivity index (χ2n) is 5.31. The molecule has 0 amide bonds. The molecule has 3 N–H and O–H groups in total. The lowest BCUT2D eigenvalue weighted by Crippen LogP contribution is -2.61. The summed E-state index contributed by atoms with van der Waals surface area (Å²) >= 11 is 0. The second kappa shape index (κ2) is 4.08. The number of aliphatic hydroxyl groups excluding tert-OH is 2. The molecular weight excluding hydrogens is 218 g/mol. The first-order valence-corrected chi connectivity index (χ1v) is 6.27. The average Bonchev–Trinajstić information content (AvgIpc) is 2.83. The van der Waals surface area contributed by atoms with Crippen molar-refractivity contribution >= 4 is 0 Å². The zero-order valence-electron chi connectivity index (χ0n) is 9.84. The first-order chi connectivity index (χ1) is 8.21. The molecule has 5 nitrogen and oxygen atoms in total. The first kappa shape index (κ1) is 11.2. The van der Waals surface area contributed by atoms with Crippen molar-refractivity contribution < 1.29 is 10.2 Å². The van der Waals surface area contributed by atoms with E-state index in [2.05, 4.69) is 14.9 Å². The summed E-state index contributed by atoms with van der Waals surface area (Å²) in [7, 11) is 0. The van der Waals surface area contributed by atoms with Crippen molar-refractivity contribution in [1.29, 1.82) is 0 Å². The van der Waals surface area contributed by atoms with Crippen LogP contribution in [0.25, 0.3) is 0 Å². The number of piperidine rings is 1. The number of aromatic amines is 1. The molecule has 1 aromatic rings. The monoisotopic (exact) mass is 237 g/mol. The smallest absolute Gasteiger partial charge is 0.120 e. The molecule has 5 heteroatoms. The lowest BCUT2D eigenvalue weighted by atomic mass is 9.58. The van der Waals surface area contributed by atoms with Crippen LogP contribution >= 0.6 is 0 Å². The summed E-state index contributed by atoms with van der Waals surface area (Å²) in [5, 5.41) is 19.7. The number of hydrogen-bond acceptors (Lipinski definition) is 4.